The van der Waals surface area contributed by atoms with Crippen molar-refractivity contribution in [3.8, 4) is 0 Å². The number of benzene rings is 2. The van der Waals surface area contributed by atoms with Gasteiger partial charge in [-0.05, 0) is 35.9 Å². The van der Waals surface area contributed by atoms with E-state index >= 15 is 0 Å². The molecule has 0 bridgehead atoms. The first-order valence-corrected chi connectivity index (χ1v) is 8.24. The van der Waals surface area contributed by atoms with Crippen molar-refractivity contribution < 1.29 is 14.3 Å². The minimum Gasteiger partial charge on any atom is -0.454 e. The largest absolute Gasteiger partial charge is 0.454 e. The molecule has 8 heteroatoms. The van der Waals surface area contributed by atoms with E-state index in [2.05, 4.69) is 9.97 Å². The van der Waals surface area contributed by atoms with E-state index in [4.69, 9.17) is 27.9 Å². The number of aromatic nitrogens is 2. The van der Waals surface area contributed by atoms with Crippen molar-refractivity contribution in [2.24, 2.45) is 0 Å². The number of rotatable bonds is 5. The molecule has 6 nitrogen and oxygen atoms in total. The van der Waals surface area contributed by atoms with E-state index in [9.17, 15) is 14.4 Å². The summed E-state index contributed by atoms with van der Waals surface area (Å²) >= 11 is 11.9. The Labute approximate surface area is 157 Å². The maximum atomic E-state index is 12.1. The van der Waals surface area contributed by atoms with Gasteiger partial charge in [-0.3, -0.25) is 4.79 Å². The highest BCUT2D eigenvalue weighted by molar-refractivity contribution is 6.42. The average Bonchev–Trinajstić information content (AvgIpc) is 3.00. The molecule has 0 aliphatic heterocycles. The predicted octanol–water partition coefficient (Wildman–Crippen LogP) is 3.60. The highest BCUT2D eigenvalue weighted by Gasteiger charge is 2.10. The second-order valence-corrected chi connectivity index (χ2v) is 6.13. The number of H-pyrrole nitrogens is 2. The van der Waals surface area contributed by atoms with Crippen LogP contribution in [0.2, 0.25) is 10.0 Å². The minimum absolute atomic E-state index is 0.322. The van der Waals surface area contributed by atoms with Crippen molar-refractivity contribution in [2.75, 3.05) is 6.61 Å². The van der Waals surface area contributed by atoms with Gasteiger partial charge in [-0.2, -0.15) is 0 Å². The van der Waals surface area contributed by atoms with Gasteiger partial charge >= 0.3 is 11.7 Å². The smallest absolute Gasteiger partial charge is 0.331 e. The quantitative estimate of drug-likeness (QED) is 0.395. The Kier molecular flexibility index (Phi) is 5.25. The Morgan fingerprint density at radius 3 is 2.65 bits per heavy atom. The van der Waals surface area contributed by atoms with Crippen LogP contribution < -0.4 is 5.69 Å². The lowest BCUT2D eigenvalue weighted by molar-refractivity contribution is -0.136. The Morgan fingerprint density at radius 1 is 1.08 bits per heavy atom. The molecule has 0 atom stereocenters. The van der Waals surface area contributed by atoms with E-state index in [0.717, 1.165) is 6.08 Å². The van der Waals surface area contributed by atoms with Crippen LogP contribution in [-0.2, 0) is 9.53 Å². The molecular formula is C18H12Cl2N2O4. The summed E-state index contributed by atoms with van der Waals surface area (Å²) < 4.78 is 4.94. The summed E-state index contributed by atoms with van der Waals surface area (Å²) in [7, 11) is 0. The minimum atomic E-state index is -0.689. The number of nitrogens with one attached hydrogen (secondary N) is 2. The Morgan fingerprint density at radius 2 is 1.85 bits per heavy atom. The monoisotopic (exact) mass is 390 g/mol. The molecule has 0 aliphatic carbocycles. The fourth-order valence-corrected chi connectivity index (χ4v) is 2.65. The van der Waals surface area contributed by atoms with E-state index in [0.29, 0.717) is 32.2 Å². The van der Waals surface area contributed by atoms with Gasteiger partial charge in [-0.1, -0.05) is 35.3 Å². The van der Waals surface area contributed by atoms with Gasteiger partial charge in [0.25, 0.3) is 0 Å². The Balaban J connectivity index is 1.62. The van der Waals surface area contributed by atoms with Crippen LogP contribution in [0.3, 0.4) is 0 Å². The van der Waals surface area contributed by atoms with Crippen LogP contribution in [0, 0.1) is 0 Å². The molecule has 1 aromatic heterocycles. The highest BCUT2D eigenvalue weighted by atomic mass is 35.5. The lowest BCUT2D eigenvalue weighted by Gasteiger charge is -2.03. The number of carbonyl (C=O) groups excluding carboxylic acids is 2. The van der Waals surface area contributed by atoms with Crippen LogP contribution in [0.1, 0.15) is 15.9 Å². The van der Waals surface area contributed by atoms with Gasteiger partial charge in [-0.25, -0.2) is 9.59 Å². The summed E-state index contributed by atoms with van der Waals surface area (Å²) in [4.78, 5) is 40.3. The van der Waals surface area contributed by atoms with Crippen molar-refractivity contribution >= 4 is 52.1 Å². The second kappa shape index (κ2) is 7.59. The third kappa shape index (κ3) is 4.04. The van der Waals surface area contributed by atoms with Gasteiger partial charge in [0, 0.05) is 11.6 Å². The lowest BCUT2D eigenvalue weighted by atomic mass is 10.1. The summed E-state index contributed by atoms with van der Waals surface area (Å²) in [6, 6.07) is 9.69. The maximum absolute atomic E-state index is 12.1. The molecule has 2 aromatic carbocycles. The van der Waals surface area contributed by atoms with Crippen molar-refractivity contribution in [2.45, 2.75) is 0 Å². The van der Waals surface area contributed by atoms with Crippen molar-refractivity contribution in [1.82, 2.24) is 9.97 Å². The third-order valence-corrected chi connectivity index (χ3v) is 4.40. The van der Waals surface area contributed by atoms with Gasteiger partial charge in [0.05, 0.1) is 21.1 Å². The maximum Gasteiger partial charge on any atom is 0.331 e. The van der Waals surface area contributed by atoms with Crippen LogP contribution in [0.5, 0.6) is 0 Å². The molecule has 3 rings (SSSR count). The number of ketones is 1. The van der Waals surface area contributed by atoms with Crippen molar-refractivity contribution in [1.29, 1.82) is 0 Å². The summed E-state index contributed by atoms with van der Waals surface area (Å²) in [5, 5.41) is 0.693. The zero-order chi connectivity index (χ0) is 18.7. The average molecular weight is 391 g/mol. The summed E-state index contributed by atoms with van der Waals surface area (Å²) in [5.74, 6) is -1.08. The number of Topliss-reactive ketones (excluding diaryl/α,β-unsaturated/α-hetero) is 1. The summed E-state index contributed by atoms with van der Waals surface area (Å²) in [6.07, 6.45) is 2.62. The molecule has 0 radical (unpaired) electrons. The molecule has 0 amide bonds. The van der Waals surface area contributed by atoms with Gasteiger partial charge in [-0.15, -0.1) is 0 Å². The molecular weight excluding hydrogens is 379 g/mol. The van der Waals surface area contributed by atoms with E-state index in [-0.39, 0.29) is 5.69 Å². The van der Waals surface area contributed by atoms with E-state index in [1.165, 1.54) is 12.1 Å². The van der Waals surface area contributed by atoms with Gasteiger partial charge in [0.1, 0.15) is 0 Å². The second-order valence-electron chi connectivity index (χ2n) is 5.35. The fourth-order valence-electron chi connectivity index (χ4n) is 2.28. The zero-order valence-corrected chi connectivity index (χ0v) is 14.7. The molecule has 0 spiro atoms. The number of halogens is 2. The number of imidazole rings is 1. The summed E-state index contributed by atoms with van der Waals surface area (Å²) in [6.45, 7) is -0.424. The molecule has 0 aliphatic rings. The summed E-state index contributed by atoms with van der Waals surface area (Å²) in [5.41, 5.74) is 1.61. The number of hydrogen-bond donors (Lipinski definition) is 2. The van der Waals surface area contributed by atoms with Crippen LogP contribution in [0.4, 0.5) is 0 Å². The Bertz CT molecular complexity index is 1080. The molecule has 26 heavy (non-hydrogen) atoms. The van der Waals surface area contributed by atoms with E-state index in [1.54, 1.807) is 30.3 Å². The molecule has 2 N–H and O–H groups in total. The van der Waals surface area contributed by atoms with Crippen molar-refractivity contribution in [3.63, 3.8) is 0 Å². The first-order valence-electron chi connectivity index (χ1n) is 7.48. The lowest BCUT2D eigenvalue weighted by Crippen LogP contribution is -2.12. The molecule has 3 aromatic rings. The van der Waals surface area contributed by atoms with E-state index < -0.39 is 18.4 Å². The number of esters is 1. The molecule has 0 fully saturated rings. The van der Waals surface area contributed by atoms with Crippen LogP contribution in [0.25, 0.3) is 17.1 Å². The van der Waals surface area contributed by atoms with Crippen LogP contribution >= 0.6 is 23.2 Å². The third-order valence-electron chi connectivity index (χ3n) is 3.56. The number of hydrogen-bond acceptors (Lipinski definition) is 4. The van der Waals surface area contributed by atoms with Crippen LogP contribution in [-0.4, -0.2) is 28.3 Å². The molecule has 132 valence electrons. The van der Waals surface area contributed by atoms with Crippen molar-refractivity contribution in [3.05, 3.63) is 74.1 Å². The zero-order valence-electron chi connectivity index (χ0n) is 13.2. The SMILES string of the molecule is O=C(/C=C/c1cccc(Cl)c1Cl)OCC(=O)c1ccc2[nH]c(=O)[nH]c2c1. The normalized spacial score (nSPS) is 11.2. The van der Waals surface area contributed by atoms with Gasteiger partial charge < -0.3 is 14.7 Å². The topological polar surface area (TPSA) is 92.0 Å². The number of carbonyl (C=O) groups is 2. The fraction of sp³-hybridized carbons (Fsp3) is 0.0556. The van der Waals surface area contributed by atoms with E-state index in [1.807, 2.05) is 0 Å². The molecule has 0 unspecified atom stereocenters. The first kappa shape index (κ1) is 18.0. The predicted molar refractivity (Wildman–Crippen MR) is 99.7 cm³/mol. The number of aromatic amines is 2. The van der Waals surface area contributed by atoms with Crippen LogP contribution in [0.15, 0.2) is 47.3 Å². The molecule has 0 saturated heterocycles. The molecule has 0 saturated carbocycles. The van der Waals surface area contributed by atoms with Gasteiger partial charge in [0.2, 0.25) is 0 Å². The standard InChI is InChI=1S/C18H12Cl2N2O4/c19-12-3-1-2-10(17(12)20)5-7-16(24)26-9-15(23)11-4-6-13-14(8-11)22-18(25)21-13/h1-8H,9H2,(H2,21,22,25)/b7-5+. The first-order chi connectivity index (χ1) is 12.4. The Hall–Kier alpha value is -2.83. The van der Waals surface area contributed by atoms with Gasteiger partial charge in [0.15, 0.2) is 12.4 Å². The highest BCUT2D eigenvalue weighted by Crippen LogP contribution is 2.26. The molecule has 1 heterocycles. The number of fused-ring (bicyclic) bond motifs is 1. The number of ether oxygens (including phenoxy) is 1.